The molecule has 2 N–H and O–H groups in total. The standard InChI is InChI=1S/C23H29N5O/c1-17-14-18(2)28(27-17)21-13-9-8-12-20(21)15-25-23(24-3)26-16-22(29-4)19-10-6-5-7-11-19/h5-14,22H,15-16H2,1-4H3,(H2,24,25,26). The Bertz CT molecular complexity index is 949. The van der Waals surface area contributed by atoms with Crippen LogP contribution in [0.25, 0.3) is 5.69 Å². The van der Waals surface area contributed by atoms with Crippen LogP contribution in [0.1, 0.15) is 28.6 Å². The molecule has 3 aromatic rings. The Morgan fingerprint density at radius 1 is 1.07 bits per heavy atom. The predicted octanol–water partition coefficient (Wildman–Crippen LogP) is 3.54. The van der Waals surface area contributed by atoms with Gasteiger partial charge in [-0.25, -0.2) is 4.68 Å². The molecule has 0 saturated heterocycles. The number of aliphatic imine (C=N–C) groups is 1. The smallest absolute Gasteiger partial charge is 0.191 e. The molecule has 29 heavy (non-hydrogen) atoms. The molecule has 6 nitrogen and oxygen atoms in total. The summed E-state index contributed by atoms with van der Waals surface area (Å²) in [6, 6.07) is 20.5. The molecule has 1 atom stereocenters. The minimum Gasteiger partial charge on any atom is -0.375 e. The number of aryl methyl sites for hydroxylation is 2. The van der Waals surface area contributed by atoms with Gasteiger partial charge in [0.25, 0.3) is 0 Å². The van der Waals surface area contributed by atoms with E-state index in [0.717, 1.165) is 34.2 Å². The SMILES string of the molecule is CN=C(NCc1ccccc1-n1nc(C)cc1C)NCC(OC)c1ccccc1. The molecule has 1 aromatic heterocycles. The fourth-order valence-corrected chi connectivity index (χ4v) is 3.33. The molecule has 0 aliphatic carbocycles. The summed E-state index contributed by atoms with van der Waals surface area (Å²) < 4.78 is 7.61. The number of hydrogen-bond donors (Lipinski definition) is 2. The van der Waals surface area contributed by atoms with Crippen LogP contribution in [0, 0.1) is 13.8 Å². The van der Waals surface area contributed by atoms with E-state index in [4.69, 9.17) is 4.74 Å². The maximum absolute atomic E-state index is 5.63. The lowest BCUT2D eigenvalue weighted by Gasteiger charge is -2.19. The summed E-state index contributed by atoms with van der Waals surface area (Å²) in [4.78, 5) is 4.34. The Morgan fingerprint density at radius 3 is 2.45 bits per heavy atom. The first kappa shape index (κ1) is 20.6. The molecule has 2 aromatic carbocycles. The van der Waals surface area contributed by atoms with E-state index in [1.807, 2.05) is 41.9 Å². The average Bonchev–Trinajstić information content (AvgIpc) is 3.09. The Balaban J connectivity index is 1.65. The molecule has 0 aliphatic heterocycles. The Morgan fingerprint density at radius 2 is 1.79 bits per heavy atom. The first-order chi connectivity index (χ1) is 14.1. The van der Waals surface area contributed by atoms with E-state index < -0.39 is 0 Å². The largest absolute Gasteiger partial charge is 0.375 e. The second-order valence-corrected chi connectivity index (χ2v) is 6.91. The highest BCUT2D eigenvalue weighted by atomic mass is 16.5. The number of para-hydroxylation sites is 1. The molecule has 0 saturated carbocycles. The monoisotopic (exact) mass is 391 g/mol. The highest BCUT2D eigenvalue weighted by Crippen LogP contribution is 2.17. The van der Waals surface area contributed by atoms with Crippen LogP contribution in [0.2, 0.25) is 0 Å². The number of hydrogen-bond acceptors (Lipinski definition) is 3. The van der Waals surface area contributed by atoms with Gasteiger partial charge in [0.2, 0.25) is 0 Å². The first-order valence-corrected chi connectivity index (χ1v) is 9.76. The molecule has 6 heteroatoms. The van der Waals surface area contributed by atoms with Gasteiger partial charge in [0, 0.05) is 32.9 Å². The highest BCUT2D eigenvalue weighted by molar-refractivity contribution is 5.79. The number of benzene rings is 2. The summed E-state index contributed by atoms with van der Waals surface area (Å²) in [5.41, 5.74) is 5.47. The number of methoxy groups -OCH3 is 1. The maximum atomic E-state index is 5.63. The quantitative estimate of drug-likeness (QED) is 0.478. The second kappa shape index (κ2) is 9.89. The Kier molecular flexibility index (Phi) is 7.03. The number of guanidine groups is 1. The van der Waals surface area contributed by atoms with Crippen LogP contribution in [0.15, 0.2) is 65.7 Å². The van der Waals surface area contributed by atoms with Crippen LogP contribution in [0.3, 0.4) is 0 Å². The van der Waals surface area contributed by atoms with Crippen molar-refractivity contribution in [1.29, 1.82) is 0 Å². The summed E-state index contributed by atoms with van der Waals surface area (Å²) in [5, 5.41) is 11.4. The van der Waals surface area contributed by atoms with Gasteiger partial charge >= 0.3 is 0 Å². The van der Waals surface area contributed by atoms with Gasteiger partial charge in [0.05, 0.1) is 17.5 Å². The molecular formula is C23H29N5O. The Labute approximate surface area is 172 Å². The van der Waals surface area contributed by atoms with Gasteiger partial charge in [-0.1, -0.05) is 48.5 Å². The van der Waals surface area contributed by atoms with Gasteiger partial charge in [-0.05, 0) is 37.1 Å². The molecule has 0 radical (unpaired) electrons. The summed E-state index contributed by atoms with van der Waals surface area (Å²) in [6.45, 7) is 5.34. The molecule has 0 spiro atoms. The van der Waals surface area contributed by atoms with E-state index in [1.54, 1.807) is 14.2 Å². The molecule has 0 amide bonds. The zero-order valence-corrected chi connectivity index (χ0v) is 17.5. The van der Waals surface area contributed by atoms with Crippen molar-refractivity contribution >= 4 is 5.96 Å². The van der Waals surface area contributed by atoms with Crippen molar-refractivity contribution in [2.24, 2.45) is 4.99 Å². The minimum atomic E-state index is -0.0447. The molecular weight excluding hydrogens is 362 g/mol. The summed E-state index contributed by atoms with van der Waals surface area (Å²) in [6.07, 6.45) is -0.0447. The predicted molar refractivity (Wildman–Crippen MR) is 117 cm³/mol. The third-order valence-corrected chi connectivity index (χ3v) is 4.81. The fraction of sp³-hybridized carbons (Fsp3) is 0.304. The van der Waals surface area contributed by atoms with Crippen molar-refractivity contribution in [3.8, 4) is 5.69 Å². The van der Waals surface area contributed by atoms with Gasteiger partial charge in [-0.15, -0.1) is 0 Å². The van der Waals surface area contributed by atoms with Crippen molar-refractivity contribution in [1.82, 2.24) is 20.4 Å². The second-order valence-electron chi connectivity index (χ2n) is 6.91. The van der Waals surface area contributed by atoms with E-state index in [-0.39, 0.29) is 6.10 Å². The number of nitrogens with zero attached hydrogens (tertiary/aromatic N) is 3. The zero-order valence-electron chi connectivity index (χ0n) is 17.5. The van der Waals surface area contributed by atoms with E-state index >= 15 is 0 Å². The van der Waals surface area contributed by atoms with Crippen LogP contribution < -0.4 is 10.6 Å². The average molecular weight is 392 g/mol. The molecule has 3 rings (SSSR count). The maximum Gasteiger partial charge on any atom is 0.191 e. The third-order valence-electron chi connectivity index (χ3n) is 4.81. The number of aromatic nitrogens is 2. The summed E-state index contributed by atoms with van der Waals surface area (Å²) in [7, 11) is 3.49. The lowest BCUT2D eigenvalue weighted by Crippen LogP contribution is -2.39. The van der Waals surface area contributed by atoms with E-state index in [2.05, 4.69) is 58.0 Å². The fourth-order valence-electron chi connectivity index (χ4n) is 3.33. The highest BCUT2D eigenvalue weighted by Gasteiger charge is 2.12. The topological polar surface area (TPSA) is 63.5 Å². The summed E-state index contributed by atoms with van der Waals surface area (Å²) >= 11 is 0. The zero-order chi connectivity index (χ0) is 20.6. The molecule has 152 valence electrons. The van der Waals surface area contributed by atoms with Gasteiger partial charge < -0.3 is 15.4 Å². The van der Waals surface area contributed by atoms with Gasteiger partial charge in [0.1, 0.15) is 0 Å². The van der Waals surface area contributed by atoms with Gasteiger partial charge in [0.15, 0.2) is 5.96 Å². The van der Waals surface area contributed by atoms with Crippen molar-refractivity contribution in [3.63, 3.8) is 0 Å². The van der Waals surface area contributed by atoms with Crippen LogP contribution in [0.4, 0.5) is 0 Å². The first-order valence-electron chi connectivity index (χ1n) is 9.76. The molecule has 0 aliphatic rings. The lowest BCUT2D eigenvalue weighted by atomic mass is 10.1. The normalized spacial score (nSPS) is 12.6. The number of nitrogens with one attached hydrogen (secondary N) is 2. The lowest BCUT2D eigenvalue weighted by molar-refractivity contribution is 0.106. The third kappa shape index (κ3) is 5.23. The van der Waals surface area contributed by atoms with E-state index in [1.165, 1.54) is 0 Å². The number of ether oxygens (including phenoxy) is 1. The molecule has 0 fully saturated rings. The molecule has 1 heterocycles. The molecule has 1 unspecified atom stereocenters. The van der Waals surface area contributed by atoms with Crippen LogP contribution in [-0.4, -0.2) is 36.4 Å². The van der Waals surface area contributed by atoms with Crippen molar-refractivity contribution in [2.45, 2.75) is 26.5 Å². The van der Waals surface area contributed by atoms with Gasteiger partial charge in [-0.2, -0.15) is 5.10 Å². The van der Waals surface area contributed by atoms with Crippen LogP contribution in [0.5, 0.6) is 0 Å². The van der Waals surface area contributed by atoms with Crippen molar-refractivity contribution < 1.29 is 4.74 Å². The van der Waals surface area contributed by atoms with Gasteiger partial charge in [-0.3, -0.25) is 4.99 Å². The Hall–Kier alpha value is -3.12. The minimum absolute atomic E-state index is 0.0447. The van der Waals surface area contributed by atoms with Crippen molar-refractivity contribution in [2.75, 3.05) is 20.7 Å². The van der Waals surface area contributed by atoms with Crippen LogP contribution in [-0.2, 0) is 11.3 Å². The van der Waals surface area contributed by atoms with Crippen LogP contribution >= 0.6 is 0 Å². The van der Waals surface area contributed by atoms with Crippen molar-refractivity contribution in [3.05, 3.63) is 83.2 Å². The summed E-state index contributed by atoms with van der Waals surface area (Å²) in [5.74, 6) is 0.728. The van der Waals surface area contributed by atoms with E-state index in [0.29, 0.717) is 13.1 Å². The van der Waals surface area contributed by atoms with E-state index in [9.17, 15) is 0 Å². The molecule has 0 bridgehead atoms. The number of rotatable bonds is 7.